The van der Waals surface area contributed by atoms with E-state index in [4.69, 9.17) is 19.4 Å². The Balaban J connectivity index is 1.36. The van der Waals surface area contributed by atoms with E-state index in [9.17, 15) is 4.39 Å². The molecule has 198 valence electrons. The summed E-state index contributed by atoms with van der Waals surface area (Å²) in [5.74, 6) is 1.32. The smallest absolute Gasteiger partial charge is 0.231 e. The number of halogens is 1. The Labute approximate surface area is 220 Å². The molecule has 10 nitrogen and oxygen atoms in total. The van der Waals surface area contributed by atoms with E-state index < -0.39 is 5.82 Å². The van der Waals surface area contributed by atoms with E-state index in [1.807, 2.05) is 12.1 Å². The molecule has 4 heterocycles. The predicted octanol–water partition coefficient (Wildman–Crippen LogP) is 4.89. The molecule has 0 bridgehead atoms. The minimum Gasteiger partial charge on any atom is -0.494 e. The van der Waals surface area contributed by atoms with Crippen molar-refractivity contribution in [1.29, 1.82) is 0 Å². The fourth-order valence-corrected chi connectivity index (χ4v) is 5.20. The molecule has 3 aromatic heterocycles. The third kappa shape index (κ3) is 5.06. The van der Waals surface area contributed by atoms with Gasteiger partial charge in [0.05, 0.1) is 37.6 Å². The minimum absolute atomic E-state index is 0.297. The van der Waals surface area contributed by atoms with Gasteiger partial charge in [-0.3, -0.25) is 10.1 Å². The molecule has 4 aromatic rings. The maximum Gasteiger partial charge on any atom is 0.231 e. The Bertz CT molecular complexity index is 1420. The summed E-state index contributed by atoms with van der Waals surface area (Å²) in [5.41, 5.74) is 3.50. The van der Waals surface area contributed by atoms with E-state index in [0.717, 1.165) is 37.3 Å². The molecule has 1 aliphatic carbocycles. The van der Waals surface area contributed by atoms with Crippen molar-refractivity contribution in [2.75, 3.05) is 48.9 Å². The van der Waals surface area contributed by atoms with Gasteiger partial charge in [0.2, 0.25) is 5.95 Å². The molecule has 0 unspecified atom stereocenters. The van der Waals surface area contributed by atoms with Crippen LogP contribution in [0.15, 0.2) is 36.7 Å². The molecule has 0 spiro atoms. The average Bonchev–Trinajstić information content (AvgIpc) is 3.39. The molecule has 1 aliphatic heterocycles. The molecule has 2 aliphatic rings. The topological polar surface area (TPSA) is 113 Å². The van der Waals surface area contributed by atoms with Crippen LogP contribution < -0.4 is 20.3 Å². The number of methoxy groups -OCH3 is 1. The fraction of sp³-hybridized carbons (Fsp3) is 0.407. The number of benzene rings is 1. The molecule has 0 atom stereocenters. The number of rotatable bonds is 7. The Morgan fingerprint density at radius 3 is 2.71 bits per heavy atom. The summed E-state index contributed by atoms with van der Waals surface area (Å²) in [4.78, 5) is 15.8. The Hall–Kier alpha value is -3.99. The first-order chi connectivity index (χ1) is 18.7. The molecule has 11 heteroatoms. The number of H-pyrrole nitrogens is 1. The molecule has 2 fully saturated rings. The predicted molar refractivity (Wildman–Crippen MR) is 145 cm³/mol. The number of morpholine rings is 1. The molecule has 0 radical (unpaired) electrons. The van der Waals surface area contributed by atoms with Gasteiger partial charge < -0.3 is 25.0 Å². The first-order valence-corrected chi connectivity index (χ1v) is 13.1. The number of nitrogens with zero attached hydrogens (tertiary/aromatic N) is 5. The van der Waals surface area contributed by atoms with Crippen molar-refractivity contribution in [3.05, 3.63) is 42.5 Å². The SMILES string of the molecule is COc1cc(N2CCOCC2)ccc1Nc1nc(NC2CCCCC2)c2c(-c3cncc(F)c3)n[nH]c2n1. The molecule has 6 rings (SSSR count). The van der Waals surface area contributed by atoms with Gasteiger partial charge in [0.1, 0.15) is 23.1 Å². The quantitative estimate of drug-likeness (QED) is 0.315. The largest absolute Gasteiger partial charge is 0.494 e. The van der Waals surface area contributed by atoms with E-state index in [0.29, 0.717) is 59.1 Å². The summed E-state index contributed by atoms with van der Waals surface area (Å²) in [5, 5.41) is 15.1. The summed E-state index contributed by atoms with van der Waals surface area (Å²) >= 11 is 0. The van der Waals surface area contributed by atoms with Crippen molar-refractivity contribution in [1.82, 2.24) is 25.1 Å². The van der Waals surface area contributed by atoms with Gasteiger partial charge in [-0.25, -0.2) is 4.39 Å². The second-order valence-corrected chi connectivity index (χ2v) is 9.67. The van der Waals surface area contributed by atoms with Crippen molar-refractivity contribution in [2.45, 2.75) is 38.1 Å². The van der Waals surface area contributed by atoms with Gasteiger partial charge in [0.15, 0.2) is 5.65 Å². The number of pyridine rings is 1. The number of hydrogen-bond acceptors (Lipinski definition) is 9. The lowest BCUT2D eigenvalue weighted by atomic mass is 9.95. The van der Waals surface area contributed by atoms with Crippen LogP contribution in [0.2, 0.25) is 0 Å². The second kappa shape index (κ2) is 10.8. The van der Waals surface area contributed by atoms with Crippen LogP contribution in [-0.4, -0.2) is 64.6 Å². The second-order valence-electron chi connectivity index (χ2n) is 9.67. The van der Waals surface area contributed by atoms with Crippen molar-refractivity contribution >= 4 is 34.2 Å². The van der Waals surface area contributed by atoms with Crippen molar-refractivity contribution in [2.24, 2.45) is 0 Å². The molecule has 0 amide bonds. The van der Waals surface area contributed by atoms with E-state index in [-0.39, 0.29) is 0 Å². The van der Waals surface area contributed by atoms with E-state index in [1.165, 1.54) is 31.5 Å². The lowest BCUT2D eigenvalue weighted by Crippen LogP contribution is -2.36. The van der Waals surface area contributed by atoms with E-state index >= 15 is 0 Å². The number of nitrogens with one attached hydrogen (secondary N) is 3. The van der Waals surface area contributed by atoms with E-state index in [2.05, 4.69) is 36.8 Å². The summed E-state index contributed by atoms with van der Waals surface area (Å²) in [7, 11) is 1.65. The van der Waals surface area contributed by atoms with Crippen LogP contribution in [0.5, 0.6) is 5.75 Å². The molecule has 3 N–H and O–H groups in total. The summed E-state index contributed by atoms with van der Waals surface area (Å²) in [6, 6.07) is 7.76. The van der Waals surface area contributed by atoms with Gasteiger partial charge in [-0.05, 0) is 31.0 Å². The molecule has 1 aromatic carbocycles. The van der Waals surface area contributed by atoms with Crippen LogP contribution >= 0.6 is 0 Å². The van der Waals surface area contributed by atoms with E-state index in [1.54, 1.807) is 13.3 Å². The maximum atomic E-state index is 14.0. The third-order valence-electron chi connectivity index (χ3n) is 7.15. The Morgan fingerprint density at radius 2 is 1.92 bits per heavy atom. The summed E-state index contributed by atoms with van der Waals surface area (Å²) in [6.45, 7) is 3.11. The van der Waals surface area contributed by atoms with Crippen molar-refractivity contribution in [3.63, 3.8) is 0 Å². The van der Waals surface area contributed by atoms with Crippen LogP contribution in [-0.2, 0) is 4.74 Å². The molecular formula is C27H31FN8O2. The van der Waals surface area contributed by atoms with Gasteiger partial charge in [-0.15, -0.1) is 0 Å². The monoisotopic (exact) mass is 518 g/mol. The summed E-state index contributed by atoms with van der Waals surface area (Å²) in [6.07, 6.45) is 8.51. The lowest BCUT2D eigenvalue weighted by molar-refractivity contribution is 0.122. The fourth-order valence-electron chi connectivity index (χ4n) is 5.20. The van der Waals surface area contributed by atoms with Gasteiger partial charge >= 0.3 is 0 Å². The number of fused-ring (bicyclic) bond motifs is 1. The number of ether oxygens (including phenoxy) is 2. The highest BCUT2D eigenvalue weighted by Crippen LogP contribution is 2.35. The number of aromatic amines is 1. The highest BCUT2D eigenvalue weighted by Gasteiger charge is 2.22. The highest BCUT2D eigenvalue weighted by molar-refractivity contribution is 5.99. The number of anilines is 4. The Morgan fingerprint density at radius 1 is 1.08 bits per heavy atom. The zero-order chi connectivity index (χ0) is 25.9. The van der Waals surface area contributed by atoms with Crippen LogP contribution in [0.3, 0.4) is 0 Å². The molecule has 1 saturated heterocycles. The van der Waals surface area contributed by atoms with Crippen LogP contribution in [0.25, 0.3) is 22.3 Å². The molecular weight excluding hydrogens is 487 g/mol. The van der Waals surface area contributed by atoms with Gasteiger partial charge in [-0.2, -0.15) is 15.1 Å². The van der Waals surface area contributed by atoms with Crippen LogP contribution in [0, 0.1) is 5.82 Å². The van der Waals surface area contributed by atoms with Crippen molar-refractivity contribution < 1.29 is 13.9 Å². The first-order valence-electron chi connectivity index (χ1n) is 13.1. The van der Waals surface area contributed by atoms with Gasteiger partial charge in [0.25, 0.3) is 0 Å². The van der Waals surface area contributed by atoms with Crippen molar-refractivity contribution in [3.8, 4) is 17.0 Å². The Kier molecular flexibility index (Phi) is 6.91. The zero-order valence-electron chi connectivity index (χ0n) is 21.3. The molecule has 1 saturated carbocycles. The van der Waals surface area contributed by atoms with Crippen LogP contribution in [0.1, 0.15) is 32.1 Å². The third-order valence-corrected chi connectivity index (χ3v) is 7.15. The zero-order valence-corrected chi connectivity index (χ0v) is 21.3. The highest BCUT2D eigenvalue weighted by atomic mass is 19.1. The van der Waals surface area contributed by atoms with Gasteiger partial charge in [-0.1, -0.05) is 19.3 Å². The minimum atomic E-state index is -0.424. The lowest BCUT2D eigenvalue weighted by Gasteiger charge is -2.29. The summed E-state index contributed by atoms with van der Waals surface area (Å²) < 4.78 is 25.2. The maximum absolute atomic E-state index is 14.0. The average molecular weight is 519 g/mol. The number of aromatic nitrogens is 5. The standard InChI is InChI=1S/C27H31FN8O2/c1-37-22-14-20(36-9-11-38-12-10-36)7-8-21(22)31-27-32-25(30-19-5-3-2-4-6-19)23-24(34-35-26(23)33-27)17-13-18(28)16-29-15-17/h7-8,13-16,19H,2-6,9-12H2,1H3,(H3,30,31,32,33,34,35). The number of hydrogen-bond donors (Lipinski definition) is 3. The first kappa shape index (κ1) is 24.4. The van der Waals surface area contributed by atoms with Crippen LogP contribution in [0.4, 0.5) is 27.5 Å². The molecule has 38 heavy (non-hydrogen) atoms. The van der Waals surface area contributed by atoms with Gasteiger partial charge in [0, 0.05) is 42.6 Å². The normalized spacial score (nSPS) is 16.5.